The number of para-hydroxylation sites is 2. The summed E-state index contributed by atoms with van der Waals surface area (Å²) in [4.78, 5) is 24.1. The molecule has 1 aromatic heterocycles. The van der Waals surface area contributed by atoms with Gasteiger partial charge in [0.05, 0.1) is 18.0 Å². The summed E-state index contributed by atoms with van der Waals surface area (Å²) in [5, 5.41) is 14.9. The minimum Gasteiger partial charge on any atom is -0.492 e. The molecule has 3 aromatic rings. The van der Waals surface area contributed by atoms with Crippen LogP contribution in [0.5, 0.6) is 11.5 Å². The Balaban J connectivity index is 1.50. The Morgan fingerprint density at radius 1 is 1.31 bits per heavy atom. The third-order valence-corrected chi connectivity index (χ3v) is 5.02. The van der Waals surface area contributed by atoms with Crippen molar-refractivity contribution < 1.29 is 19.1 Å². The van der Waals surface area contributed by atoms with Gasteiger partial charge in [-0.2, -0.15) is 4.68 Å². The summed E-state index contributed by atoms with van der Waals surface area (Å²) >= 11 is 1.22. The molecule has 1 aliphatic heterocycles. The molecule has 1 aliphatic rings. The van der Waals surface area contributed by atoms with Crippen LogP contribution in [0.2, 0.25) is 0 Å². The van der Waals surface area contributed by atoms with E-state index in [0.29, 0.717) is 40.2 Å². The lowest BCUT2D eigenvalue weighted by molar-refractivity contribution is -0.118. The van der Waals surface area contributed by atoms with Gasteiger partial charge in [-0.25, -0.2) is 0 Å². The van der Waals surface area contributed by atoms with Gasteiger partial charge in [-0.05, 0) is 47.7 Å². The van der Waals surface area contributed by atoms with E-state index in [4.69, 9.17) is 9.47 Å². The van der Waals surface area contributed by atoms with Gasteiger partial charge in [0, 0.05) is 5.56 Å². The third kappa shape index (κ3) is 4.06. The molecule has 0 aliphatic carbocycles. The number of ketones is 1. The molecule has 0 bridgehead atoms. The van der Waals surface area contributed by atoms with Crippen LogP contribution in [0.25, 0.3) is 5.69 Å². The van der Waals surface area contributed by atoms with Gasteiger partial charge in [0.1, 0.15) is 17.2 Å². The Labute approximate surface area is 170 Å². The topological polar surface area (TPSA) is 108 Å². The fraction of sp³-hybridized carbons (Fsp3) is 0.211. The molecule has 10 heteroatoms. The quantitative estimate of drug-likeness (QED) is 0.466. The van der Waals surface area contributed by atoms with E-state index < -0.39 is 0 Å². The number of nitrogens with one attached hydrogen (secondary N) is 1. The van der Waals surface area contributed by atoms with Gasteiger partial charge < -0.3 is 14.8 Å². The highest BCUT2D eigenvalue weighted by Gasteiger charge is 2.19. The molecule has 0 spiro atoms. The standard InChI is InChI=1S/C19H17N5O4S/c1-2-27-17-6-4-3-5-14(17)24-19(21-22-23-24)29-11-15(25)12-7-8-16-13(9-12)20-18(26)10-28-16/h3-9H,2,10-11H2,1H3,(H,20,26). The molecule has 0 saturated heterocycles. The number of fused-ring (bicyclic) bond motifs is 1. The second-order valence-electron chi connectivity index (χ2n) is 6.03. The number of hydrogen-bond acceptors (Lipinski definition) is 8. The first-order chi connectivity index (χ1) is 14.2. The van der Waals surface area contributed by atoms with Gasteiger partial charge in [-0.3, -0.25) is 9.59 Å². The van der Waals surface area contributed by atoms with Crippen molar-refractivity contribution in [3.63, 3.8) is 0 Å². The van der Waals surface area contributed by atoms with E-state index in [1.165, 1.54) is 11.8 Å². The van der Waals surface area contributed by atoms with Crippen molar-refractivity contribution in [1.29, 1.82) is 0 Å². The number of anilines is 1. The number of nitrogens with zero attached hydrogens (tertiary/aromatic N) is 4. The summed E-state index contributed by atoms with van der Waals surface area (Å²) in [6, 6.07) is 12.4. The van der Waals surface area contributed by atoms with E-state index >= 15 is 0 Å². The zero-order valence-corrected chi connectivity index (χ0v) is 16.3. The maximum absolute atomic E-state index is 12.6. The number of rotatable bonds is 7. The Bertz CT molecular complexity index is 1070. The van der Waals surface area contributed by atoms with E-state index in [1.54, 1.807) is 22.9 Å². The zero-order chi connectivity index (χ0) is 20.2. The summed E-state index contributed by atoms with van der Waals surface area (Å²) in [6.07, 6.45) is 0. The van der Waals surface area contributed by atoms with Crippen LogP contribution in [0.1, 0.15) is 17.3 Å². The number of thioether (sulfide) groups is 1. The fourth-order valence-corrected chi connectivity index (χ4v) is 3.58. The van der Waals surface area contributed by atoms with E-state index in [0.717, 1.165) is 0 Å². The summed E-state index contributed by atoms with van der Waals surface area (Å²) < 4.78 is 12.5. The minimum atomic E-state index is -0.247. The molecule has 29 heavy (non-hydrogen) atoms. The number of carbonyl (C=O) groups excluding carboxylic acids is 2. The van der Waals surface area contributed by atoms with E-state index in [1.807, 2.05) is 31.2 Å². The van der Waals surface area contributed by atoms with Crippen molar-refractivity contribution in [2.45, 2.75) is 12.1 Å². The van der Waals surface area contributed by atoms with Gasteiger partial charge in [-0.1, -0.05) is 23.9 Å². The Morgan fingerprint density at radius 2 is 2.17 bits per heavy atom. The van der Waals surface area contributed by atoms with Crippen molar-refractivity contribution in [1.82, 2.24) is 20.2 Å². The lowest BCUT2D eigenvalue weighted by Gasteiger charge is -2.18. The van der Waals surface area contributed by atoms with Crippen LogP contribution in [0, 0.1) is 0 Å². The minimum absolute atomic E-state index is 0.0258. The third-order valence-electron chi connectivity index (χ3n) is 4.10. The predicted molar refractivity (Wildman–Crippen MR) is 106 cm³/mol. The molecule has 0 atom stereocenters. The average Bonchev–Trinajstić information content (AvgIpc) is 3.20. The van der Waals surface area contributed by atoms with Crippen LogP contribution in [0.4, 0.5) is 5.69 Å². The second kappa shape index (κ2) is 8.31. The van der Waals surface area contributed by atoms with Crippen LogP contribution in [0.3, 0.4) is 0 Å². The number of tetrazole rings is 1. The Morgan fingerprint density at radius 3 is 3.03 bits per heavy atom. The molecule has 2 heterocycles. The van der Waals surface area contributed by atoms with Crippen molar-refractivity contribution >= 4 is 29.1 Å². The summed E-state index contributed by atoms with van der Waals surface area (Å²) in [5.41, 5.74) is 1.66. The maximum atomic E-state index is 12.6. The van der Waals surface area contributed by atoms with E-state index in [-0.39, 0.29) is 24.1 Å². The lowest BCUT2D eigenvalue weighted by atomic mass is 10.1. The van der Waals surface area contributed by atoms with Crippen LogP contribution in [-0.4, -0.2) is 50.9 Å². The molecular weight excluding hydrogens is 394 g/mol. The van der Waals surface area contributed by atoms with Crippen molar-refractivity contribution in [2.75, 3.05) is 24.3 Å². The average molecular weight is 411 g/mol. The molecule has 1 N–H and O–H groups in total. The van der Waals surface area contributed by atoms with Crippen LogP contribution in [0.15, 0.2) is 47.6 Å². The molecule has 2 aromatic carbocycles. The molecule has 4 rings (SSSR count). The number of ether oxygens (including phenoxy) is 2. The Hall–Kier alpha value is -3.40. The summed E-state index contributed by atoms with van der Waals surface area (Å²) in [5.74, 6) is 0.963. The van der Waals surface area contributed by atoms with Gasteiger partial charge in [0.2, 0.25) is 5.16 Å². The van der Waals surface area contributed by atoms with Crippen LogP contribution in [-0.2, 0) is 4.79 Å². The first kappa shape index (κ1) is 18.9. The first-order valence-electron chi connectivity index (χ1n) is 8.89. The molecule has 9 nitrogen and oxygen atoms in total. The Kier molecular flexibility index (Phi) is 5.43. The first-order valence-corrected chi connectivity index (χ1v) is 9.87. The lowest BCUT2D eigenvalue weighted by Crippen LogP contribution is -2.25. The number of Topliss-reactive ketones (excluding diaryl/α,β-unsaturated/α-hetero) is 1. The fourth-order valence-electron chi connectivity index (χ4n) is 2.80. The number of aromatic nitrogens is 4. The molecule has 0 unspecified atom stereocenters. The summed E-state index contributed by atoms with van der Waals surface area (Å²) in [7, 11) is 0. The predicted octanol–water partition coefficient (Wildman–Crippen LogP) is 2.37. The normalized spacial score (nSPS) is 12.7. The number of hydrogen-bond donors (Lipinski definition) is 1. The van der Waals surface area contributed by atoms with Gasteiger partial charge in [-0.15, -0.1) is 5.10 Å². The summed E-state index contributed by atoms with van der Waals surface area (Å²) in [6.45, 7) is 2.39. The van der Waals surface area contributed by atoms with Crippen LogP contribution >= 0.6 is 11.8 Å². The van der Waals surface area contributed by atoms with E-state index in [9.17, 15) is 9.59 Å². The number of carbonyl (C=O) groups is 2. The highest BCUT2D eigenvalue weighted by molar-refractivity contribution is 7.99. The molecule has 0 fully saturated rings. The van der Waals surface area contributed by atoms with E-state index in [2.05, 4.69) is 20.8 Å². The highest BCUT2D eigenvalue weighted by atomic mass is 32.2. The zero-order valence-electron chi connectivity index (χ0n) is 15.5. The molecule has 1 amide bonds. The molecular formula is C19H17N5O4S. The maximum Gasteiger partial charge on any atom is 0.262 e. The number of benzene rings is 2. The van der Waals surface area contributed by atoms with Gasteiger partial charge in [0.15, 0.2) is 12.4 Å². The van der Waals surface area contributed by atoms with Gasteiger partial charge in [0.25, 0.3) is 5.91 Å². The molecule has 0 saturated carbocycles. The number of amides is 1. The SMILES string of the molecule is CCOc1ccccc1-n1nnnc1SCC(=O)c1ccc2c(c1)NC(=O)CO2. The van der Waals surface area contributed by atoms with Crippen molar-refractivity contribution in [2.24, 2.45) is 0 Å². The van der Waals surface area contributed by atoms with Crippen molar-refractivity contribution in [3.05, 3.63) is 48.0 Å². The smallest absolute Gasteiger partial charge is 0.262 e. The second-order valence-corrected chi connectivity index (χ2v) is 6.98. The largest absolute Gasteiger partial charge is 0.492 e. The molecule has 148 valence electrons. The van der Waals surface area contributed by atoms with Crippen LogP contribution < -0.4 is 14.8 Å². The highest BCUT2D eigenvalue weighted by Crippen LogP contribution is 2.30. The van der Waals surface area contributed by atoms with Gasteiger partial charge >= 0.3 is 0 Å². The molecule has 0 radical (unpaired) electrons. The monoisotopic (exact) mass is 411 g/mol. The van der Waals surface area contributed by atoms with Crippen molar-refractivity contribution in [3.8, 4) is 17.2 Å².